The SMILES string of the molecule is CCCCCS(=O)(=O)N1OC1c1ccccc1. The second kappa shape index (κ2) is 5.16. The molecule has 0 N–H and O–H groups in total. The molecule has 1 aromatic carbocycles. The van der Waals surface area contributed by atoms with Gasteiger partial charge >= 0.3 is 0 Å². The highest BCUT2D eigenvalue weighted by atomic mass is 32.2. The number of hydrogen-bond donors (Lipinski definition) is 0. The number of unbranched alkanes of at least 4 members (excludes halogenated alkanes) is 2. The van der Waals surface area contributed by atoms with Gasteiger partial charge < -0.3 is 0 Å². The maximum Gasteiger partial charge on any atom is 0.238 e. The first-order valence-corrected chi connectivity index (χ1v) is 7.50. The zero-order valence-electron chi connectivity index (χ0n) is 9.87. The van der Waals surface area contributed by atoms with Crippen LogP contribution in [0.4, 0.5) is 0 Å². The van der Waals surface area contributed by atoms with Gasteiger partial charge in [-0.05, 0) is 10.9 Å². The predicted octanol–water partition coefficient (Wildman–Crippen LogP) is 2.45. The Bertz CT molecular complexity index is 458. The van der Waals surface area contributed by atoms with Crippen LogP contribution in [0.25, 0.3) is 0 Å². The molecule has 0 bridgehead atoms. The van der Waals surface area contributed by atoms with E-state index in [1.165, 1.54) is 0 Å². The van der Waals surface area contributed by atoms with Crippen LogP contribution in [-0.4, -0.2) is 18.6 Å². The molecule has 0 aromatic heterocycles. The van der Waals surface area contributed by atoms with Crippen LogP contribution in [0.5, 0.6) is 0 Å². The number of hydrogen-bond acceptors (Lipinski definition) is 3. The van der Waals surface area contributed by atoms with Crippen molar-refractivity contribution in [2.75, 3.05) is 5.75 Å². The smallest absolute Gasteiger partial charge is 0.238 e. The van der Waals surface area contributed by atoms with Gasteiger partial charge in [0.1, 0.15) is 0 Å². The number of benzene rings is 1. The second-order valence-electron chi connectivity index (χ2n) is 4.15. The second-order valence-corrected chi connectivity index (χ2v) is 6.08. The van der Waals surface area contributed by atoms with Crippen molar-refractivity contribution >= 4 is 10.0 Å². The number of sulfonamides is 1. The Morgan fingerprint density at radius 3 is 2.59 bits per heavy atom. The largest absolute Gasteiger partial charge is 0.254 e. The molecule has 0 amide bonds. The Morgan fingerprint density at radius 1 is 1.24 bits per heavy atom. The molecule has 2 atom stereocenters. The van der Waals surface area contributed by atoms with E-state index in [9.17, 15) is 8.42 Å². The lowest BCUT2D eigenvalue weighted by Gasteiger charge is -2.01. The fourth-order valence-electron chi connectivity index (χ4n) is 1.71. The van der Waals surface area contributed by atoms with Crippen molar-refractivity contribution in [1.82, 2.24) is 4.47 Å². The van der Waals surface area contributed by atoms with E-state index in [-0.39, 0.29) is 5.75 Å². The van der Waals surface area contributed by atoms with Gasteiger partial charge in [-0.1, -0.05) is 50.1 Å². The van der Waals surface area contributed by atoms with Gasteiger partial charge in [0.2, 0.25) is 10.0 Å². The molecule has 17 heavy (non-hydrogen) atoms. The van der Waals surface area contributed by atoms with Gasteiger partial charge in [-0.2, -0.15) is 0 Å². The monoisotopic (exact) mass is 255 g/mol. The van der Waals surface area contributed by atoms with E-state index in [0.29, 0.717) is 6.42 Å². The zero-order valence-corrected chi connectivity index (χ0v) is 10.7. The molecule has 2 unspecified atom stereocenters. The first kappa shape index (κ1) is 12.5. The average Bonchev–Trinajstić information content (AvgIpc) is 3.11. The molecular weight excluding hydrogens is 238 g/mol. The van der Waals surface area contributed by atoms with E-state index in [1.54, 1.807) is 0 Å². The Morgan fingerprint density at radius 2 is 1.94 bits per heavy atom. The first-order chi connectivity index (χ1) is 8.15. The van der Waals surface area contributed by atoms with Crippen LogP contribution >= 0.6 is 0 Å². The minimum absolute atomic E-state index is 0.171. The van der Waals surface area contributed by atoms with Crippen LogP contribution in [0.15, 0.2) is 30.3 Å². The molecule has 0 spiro atoms. The van der Waals surface area contributed by atoms with Crippen LogP contribution in [0.3, 0.4) is 0 Å². The van der Waals surface area contributed by atoms with Gasteiger partial charge in [-0.3, -0.25) is 4.84 Å². The van der Waals surface area contributed by atoms with Gasteiger partial charge in [-0.15, -0.1) is 0 Å². The van der Waals surface area contributed by atoms with Crippen LogP contribution in [0.2, 0.25) is 0 Å². The molecule has 4 nitrogen and oxygen atoms in total. The molecule has 1 aromatic rings. The molecule has 1 fully saturated rings. The average molecular weight is 255 g/mol. The van der Waals surface area contributed by atoms with Crippen molar-refractivity contribution in [2.45, 2.75) is 32.4 Å². The number of hydroxylamine groups is 1. The lowest BCUT2D eigenvalue weighted by molar-refractivity contribution is 0.283. The molecule has 94 valence electrons. The molecule has 0 saturated carbocycles. The van der Waals surface area contributed by atoms with Gasteiger partial charge in [0.15, 0.2) is 6.23 Å². The summed E-state index contributed by atoms with van der Waals surface area (Å²) in [5.74, 6) is 0.171. The third-order valence-electron chi connectivity index (χ3n) is 2.71. The molecule has 0 radical (unpaired) electrons. The summed E-state index contributed by atoms with van der Waals surface area (Å²) < 4.78 is 24.8. The third kappa shape index (κ3) is 3.06. The molecule has 0 aliphatic carbocycles. The maximum atomic E-state index is 11.9. The summed E-state index contributed by atoms with van der Waals surface area (Å²) in [5, 5.41) is 0. The van der Waals surface area contributed by atoms with Crippen LogP contribution in [0, 0.1) is 0 Å². The minimum Gasteiger partial charge on any atom is -0.254 e. The van der Waals surface area contributed by atoms with Gasteiger partial charge in [0.25, 0.3) is 0 Å². The fourth-order valence-corrected chi connectivity index (χ4v) is 3.08. The van der Waals surface area contributed by atoms with Gasteiger partial charge in [-0.25, -0.2) is 8.42 Å². The van der Waals surface area contributed by atoms with E-state index in [2.05, 4.69) is 0 Å². The van der Waals surface area contributed by atoms with Crippen LogP contribution in [-0.2, 0) is 14.9 Å². The third-order valence-corrected chi connectivity index (χ3v) is 4.34. The molecule has 1 saturated heterocycles. The number of rotatable bonds is 6. The zero-order chi connectivity index (χ0) is 12.3. The molecule has 1 heterocycles. The van der Waals surface area contributed by atoms with Crippen molar-refractivity contribution in [3.05, 3.63) is 35.9 Å². The number of nitrogens with zero attached hydrogens (tertiary/aromatic N) is 1. The highest BCUT2D eigenvalue weighted by Gasteiger charge is 2.47. The Balaban J connectivity index is 1.94. The lowest BCUT2D eigenvalue weighted by atomic mass is 10.2. The summed E-state index contributed by atoms with van der Waals surface area (Å²) in [5.41, 5.74) is 0.881. The van der Waals surface area contributed by atoms with Crippen molar-refractivity contribution in [3.63, 3.8) is 0 Å². The highest BCUT2D eigenvalue weighted by molar-refractivity contribution is 7.89. The summed E-state index contributed by atoms with van der Waals surface area (Å²) in [4.78, 5) is 5.14. The van der Waals surface area contributed by atoms with E-state index in [0.717, 1.165) is 22.9 Å². The molecular formula is C12H17NO3S. The quantitative estimate of drug-likeness (QED) is 0.579. The van der Waals surface area contributed by atoms with E-state index in [1.807, 2.05) is 37.3 Å². The van der Waals surface area contributed by atoms with Crippen LogP contribution in [0.1, 0.15) is 38.0 Å². The predicted molar refractivity (Wildman–Crippen MR) is 65.4 cm³/mol. The van der Waals surface area contributed by atoms with E-state index in [4.69, 9.17) is 4.84 Å². The van der Waals surface area contributed by atoms with Gasteiger partial charge in [0.05, 0.1) is 5.75 Å². The summed E-state index contributed by atoms with van der Waals surface area (Å²) >= 11 is 0. The fraction of sp³-hybridized carbons (Fsp3) is 0.500. The summed E-state index contributed by atoms with van der Waals surface area (Å²) in [6, 6.07) is 9.38. The molecule has 2 rings (SSSR count). The molecule has 1 aliphatic heterocycles. The molecule has 5 heteroatoms. The van der Waals surface area contributed by atoms with Crippen molar-refractivity contribution < 1.29 is 13.3 Å². The van der Waals surface area contributed by atoms with E-state index >= 15 is 0 Å². The normalized spacial score (nSPS) is 23.6. The van der Waals surface area contributed by atoms with Crippen molar-refractivity contribution in [3.8, 4) is 0 Å². The lowest BCUT2D eigenvalue weighted by Crippen LogP contribution is -2.16. The summed E-state index contributed by atoms with van der Waals surface area (Å²) in [6.07, 6.45) is 2.23. The maximum absolute atomic E-state index is 11.9. The Labute approximate surface area is 102 Å². The van der Waals surface area contributed by atoms with E-state index < -0.39 is 16.3 Å². The first-order valence-electron chi connectivity index (χ1n) is 5.89. The standard InChI is InChI=1S/C12H17NO3S/c1-2-3-7-10-17(14,15)13-12(16-13)11-8-5-4-6-9-11/h4-6,8-9,12H,2-3,7,10H2,1H3. The van der Waals surface area contributed by atoms with Crippen molar-refractivity contribution in [1.29, 1.82) is 0 Å². The van der Waals surface area contributed by atoms with Crippen molar-refractivity contribution in [2.24, 2.45) is 0 Å². The minimum atomic E-state index is -3.25. The highest BCUT2D eigenvalue weighted by Crippen LogP contribution is 2.39. The summed E-state index contributed by atoms with van der Waals surface area (Å²) in [7, 11) is -3.25. The Hall–Kier alpha value is -0.910. The van der Waals surface area contributed by atoms with Gasteiger partial charge in [0, 0.05) is 5.56 Å². The van der Waals surface area contributed by atoms with Crippen LogP contribution < -0.4 is 0 Å². The summed E-state index contributed by atoms with van der Waals surface area (Å²) in [6.45, 7) is 2.05. The Kier molecular flexibility index (Phi) is 3.81. The topological polar surface area (TPSA) is 49.7 Å². The molecule has 1 aliphatic rings.